The third-order valence-corrected chi connectivity index (χ3v) is 4.91. The third-order valence-electron chi connectivity index (χ3n) is 4.41. The maximum absolute atomic E-state index is 11.1. The van der Waals surface area contributed by atoms with Crippen LogP contribution in [0.3, 0.4) is 0 Å². The fourth-order valence-corrected chi connectivity index (χ4v) is 3.19. The van der Waals surface area contributed by atoms with Crippen LogP contribution in [0.15, 0.2) is 18.2 Å². The van der Waals surface area contributed by atoms with Crippen LogP contribution in [0.4, 0.5) is 10.5 Å². The van der Waals surface area contributed by atoms with Crippen LogP contribution in [0.1, 0.15) is 54.1 Å². The molecule has 0 spiro atoms. The lowest BCUT2D eigenvalue weighted by Gasteiger charge is -2.37. The Morgan fingerprint density at radius 2 is 2.00 bits per heavy atom. The molecule has 5 nitrogen and oxygen atoms in total. The molecule has 1 aromatic carbocycles. The van der Waals surface area contributed by atoms with Crippen LogP contribution < -0.4 is 16.0 Å². The van der Waals surface area contributed by atoms with Gasteiger partial charge in [-0.05, 0) is 63.0 Å². The number of nitrogens with zero attached hydrogens (tertiary/aromatic N) is 2. The van der Waals surface area contributed by atoms with Crippen molar-refractivity contribution in [1.82, 2.24) is 10.2 Å². The van der Waals surface area contributed by atoms with Crippen LogP contribution in [-0.2, 0) is 0 Å². The summed E-state index contributed by atoms with van der Waals surface area (Å²) in [6.45, 7) is -16.0. The SMILES string of the molecule is [2H]C([2H])(C1CCC(NC(N)=O)CC1)C([2H])([2H])N1C([2H])([2H])C([2H])([2H])N(c2cccc(C)c2Cl)C([2H])([2H])C1([2H])[2H]. The summed E-state index contributed by atoms with van der Waals surface area (Å²) in [5.41, 5.74) is 5.19. The van der Waals surface area contributed by atoms with Crippen molar-refractivity contribution in [2.75, 3.05) is 37.4 Å². The number of halogens is 1. The van der Waals surface area contributed by atoms with E-state index in [0.717, 1.165) is 0 Å². The molecule has 3 rings (SSSR count). The standard InChI is InChI=1S/C20H31ClN4O/c1-15-3-2-4-18(19(15)21)25-13-11-24(12-14-25)10-9-16-5-7-17(8-6-16)23-20(22)26/h2-4,16-17H,5-14H2,1H3,(H3,22,23,26)/i9D2,10D2,11D2,12D2,13D2,14D2. The molecule has 1 saturated carbocycles. The van der Waals surface area contributed by atoms with E-state index in [1.54, 1.807) is 13.0 Å². The number of nitrogens with one attached hydrogen (secondary N) is 1. The Labute approximate surface area is 178 Å². The molecule has 0 atom stereocenters. The van der Waals surface area contributed by atoms with Gasteiger partial charge in [0.2, 0.25) is 0 Å². The highest BCUT2D eigenvalue weighted by Gasteiger charge is 2.24. The number of nitrogens with two attached hydrogens (primary N) is 1. The monoisotopic (exact) mass is 390 g/mol. The summed E-state index contributed by atoms with van der Waals surface area (Å²) in [4.78, 5) is 11.1. The van der Waals surface area contributed by atoms with Crippen molar-refractivity contribution in [2.24, 2.45) is 11.7 Å². The van der Waals surface area contributed by atoms with Gasteiger partial charge >= 0.3 is 6.03 Å². The number of benzene rings is 1. The van der Waals surface area contributed by atoms with Gasteiger partial charge in [0.25, 0.3) is 0 Å². The van der Waals surface area contributed by atoms with Crippen molar-refractivity contribution >= 4 is 23.3 Å². The summed E-state index contributed by atoms with van der Waals surface area (Å²) in [5, 5.41) is 2.37. The van der Waals surface area contributed by atoms with E-state index in [4.69, 9.17) is 33.8 Å². The molecule has 1 aliphatic carbocycles. The summed E-state index contributed by atoms with van der Waals surface area (Å²) in [5.74, 6) is -1.07. The molecule has 0 unspecified atom stereocenters. The molecule has 1 aliphatic heterocycles. The Balaban J connectivity index is 2.10. The van der Waals surface area contributed by atoms with E-state index in [-0.39, 0.29) is 52.2 Å². The highest BCUT2D eigenvalue weighted by molar-refractivity contribution is 6.34. The van der Waals surface area contributed by atoms with Gasteiger partial charge in [0, 0.05) is 43.0 Å². The fourth-order valence-electron chi connectivity index (χ4n) is 2.98. The lowest BCUT2D eigenvalue weighted by molar-refractivity contribution is 0.207. The molecule has 2 aliphatic rings. The fraction of sp³-hybridized carbons (Fsp3) is 0.650. The average molecular weight is 391 g/mol. The second-order valence-electron chi connectivity index (χ2n) is 6.34. The minimum atomic E-state index is -3.60. The van der Waals surface area contributed by atoms with Crippen LogP contribution in [0.2, 0.25) is 5.02 Å². The van der Waals surface area contributed by atoms with Gasteiger partial charge in [0.1, 0.15) is 0 Å². The number of hydrogen-bond acceptors (Lipinski definition) is 3. The average Bonchev–Trinajstić information content (AvgIpc) is 2.75. The summed E-state index contributed by atoms with van der Waals surface area (Å²) in [6, 6.07) is 3.05. The lowest BCUT2D eigenvalue weighted by atomic mass is 9.84. The molecule has 144 valence electrons. The molecular formula is C20H31ClN4O. The van der Waals surface area contributed by atoms with Gasteiger partial charge in [0.05, 0.1) is 16.2 Å². The molecule has 3 N–H and O–H groups in total. The van der Waals surface area contributed by atoms with E-state index in [1.165, 1.54) is 12.1 Å². The lowest BCUT2D eigenvalue weighted by Crippen LogP contribution is -2.47. The van der Waals surface area contributed by atoms with Crippen molar-refractivity contribution < 1.29 is 21.2 Å². The van der Waals surface area contributed by atoms with Crippen molar-refractivity contribution in [3.63, 3.8) is 0 Å². The Hall–Kier alpha value is -1.46. The van der Waals surface area contributed by atoms with Crippen molar-refractivity contribution in [3.05, 3.63) is 28.8 Å². The second-order valence-corrected chi connectivity index (χ2v) is 6.72. The molecule has 0 bridgehead atoms. The highest BCUT2D eigenvalue weighted by Crippen LogP contribution is 2.30. The number of aryl methyl sites for hydroxylation is 1. The number of carbonyl (C=O) groups excluding carboxylic acids is 1. The first kappa shape index (κ1) is 9.16. The third kappa shape index (κ3) is 5.04. The van der Waals surface area contributed by atoms with Crippen molar-refractivity contribution in [1.29, 1.82) is 0 Å². The minimum Gasteiger partial charge on any atom is -0.368 e. The van der Waals surface area contributed by atoms with Crippen LogP contribution in [0.5, 0.6) is 0 Å². The first-order valence-electron chi connectivity index (χ1n) is 14.5. The number of piperazine rings is 1. The van der Waals surface area contributed by atoms with Gasteiger partial charge in [-0.2, -0.15) is 0 Å². The smallest absolute Gasteiger partial charge is 0.312 e. The summed E-state index contributed by atoms with van der Waals surface area (Å²) < 4.78 is 104. The molecule has 2 amide bonds. The van der Waals surface area contributed by atoms with E-state index >= 15 is 0 Å². The number of anilines is 1. The van der Waals surface area contributed by atoms with Gasteiger partial charge in [-0.1, -0.05) is 23.7 Å². The number of amides is 2. The van der Waals surface area contributed by atoms with Crippen LogP contribution in [-0.4, -0.2) is 49.5 Å². The zero-order chi connectivity index (χ0) is 29.3. The zero-order valence-electron chi connectivity index (χ0n) is 26.5. The van der Waals surface area contributed by atoms with Crippen LogP contribution in [0, 0.1) is 12.8 Å². The van der Waals surface area contributed by atoms with Crippen molar-refractivity contribution in [2.45, 2.75) is 45.0 Å². The maximum Gasteiger partial charge on any atom is 0.312 e. The molecule has 1 heterocycles. The first-order valence-corrected chi connectivity index (χ1v) is 8.86. The quantitative estimate of drug-likeness (QED) is 0.810. The molecule has 1 aromatic rings. The van der Waals surface area contributed by atoms with E-state index in [2.05, 4.69) is 5.32 Å². The van der Waals surface area contributed by atoms with Crippen LogP contribution in [0.25, 0.3) is 0 Å². The topological polar surface area (TPSA) is 61.6 Å². The molecule has 6 heteroatoms. The van der Waals surface area contributed by atoms with E-state index in [0.29, 0.717) is 5.56 Å². The largest absolute Gasteiger partial charge is 0.368 e. The summed E-state index contributed by atoms with van der Waals surface area (Å²) in [6.07, 6.45) is -2.39. The van der Waals surface area contributed by atoms with E-state index < -0.39 is 50.8 Å². The molecular weight excluding hydrogens is 348 g/mol. The first-order chi connectivity index (χ1) is 17.1. The number of carbonyl (C=O) groups is 1. The number of rotatable bonds is 5. The molecule has 0 radical (unpaired) electrons. The van der Waals surface area contributed by atoms with Gasteiger partial charge in [-0.3, -0.25) is 4.90 Å². The Bertz CT molecular complexity index is 1050. The molecule has 2 fully saturated rings. The van der Waals surface area contributed by atoms with E-state index in [9.17, 15) is 4.79 Å². The van der Waals surface area contributed by atoms with Gasteiger partial charge in [-0.15, -0.1) is 0 Å². The van der Waals surface area contributed by atoms with Gasteiger partial charge in [-0.25, -0.2) is 4.79 Å². The Morgan fingerprint density at radius 1 is 1.31 bits per heavy atom. The maximum atomic E-state index is 11.1. The second kappa shape index (κ2) is 8.96. The summed E-state index contributed by atoms with van der Waals surface area (Å²) >= 11 is 6.31. The minimum absolute atomic E-state index is 0.0438. The van der Waals surface area contributed by atoms with Crippen molar-refractivity contribution in [3.8, 4) is 0 Å². The van der Waals surface area contributed by atoms with Crippen LogP contribution >= 0.6 is 11.6 Å². The molecule has 26 heavy (non-hydrogen) atoms. The molecule has 1 saturated heterocycles. The van der Waals surface area contributed by atoms with Gasteiger partial charge < -0.3 is 16.0 Å². The Morgan fingerprint density at radius 3 is 2.65 bits per heavy atom. The number of primary amides is 1. The number of hydrogen-bond donors (Lipinski definition) is 2. The number of urea groups is 1. The van der Waals surface area contributed by atoms with Gasteiger partial charge in [0.15, 0.2) is 0 Å². The molecule has 0 aromatic heterocycles. The predicted molar refractivity (Wildman–Crippen MR) is 108 cm³/mol. The highest BCUT2D eigenvalue weighted by atomic mass is 35.5. The normalized spacial score (nSPS) is 40.2. The Kier molecular flexibility index (Phi) is 3.15. The zero-order valence-corrected chi connectivity index (χ0v) is 15.2. The predicted octanol–water partition coefficient (Wildman–Crippen LogP) is 3.39. The summed E-state index contributed by atoms with van der Waals surface area (Å²) in [7, 11) is 0. The van der Waals surface area contributed by atoms with E-state index in [1.807, 2.05) is 0 Å².